The van der Waals surface area contributed by atoms with E-state index in [1.807, 2.05) is 18.2 Å². The van der Waals surface area contributed by atoms with Crippen LogP contribution in [0.3, 0.4) is 0 Å². The van der Waals surface area contributed by atoms with Crippen LogP contribution in [0.4, 0.5) is 0 Å². The van der Waals surface area contributed by atoms with Gasteiger partial charge in [0, 0.05) is 11.6 Å². The molecule has 0 saturated heterocycles. The van der Waals surface area contributed by atoms with Gasteiger partial charge >= 0.3 is 0 Å². The molecule has 0 atom stereocenters. The molecule has 0 unspecified atom stereocenters. The quantitative estimate of drug-likeness (QED) is 0.591. The Morgan fingerprint density at radius 1 is 0.900 bits per heavy atom. The molecule has 2 heteroatoms. The molecule has 2 aromatic carbocycles. The van der Waals surface area contributed by atoms with Gasteiger partial charge in [-0.3, -0.25) is 0 Å². The van der Waals surface area contributed by atoms with Crippen LogP contribution in [0.15, 0.2) is 30.3 Å². The van der Waals surface area contributed by atoms with Gasteiger partial charge in [0.05, 0.1) is 10.0 Å². The summed E-state index contributed by atoms with van der Waals surface area (Å²) in [6.07, 6.45) is 0. The third-order valence-electron chi connectivity index (χ3n) is 3.43. The van der Waals surface area contributed by atoms with Crippen molar-refractivity contribution in [2.45, 2.75) is 39.5 Å². The molecule has 0 nitrogen and oxygen atoms in total. The van der Waals surface area contributed by atoms with Crippen molar-refractivity contribution in [1.82, 2.24) is 0 Å². The molecule has 0 amide bonds. The summed E-state index contributed by atoms with van der Waals surface area (Å²) in [6, 6.07) is 13.5. The predicted octanol–water partition coefficient (Wildman–Crippen LogP) is 6.71. The lowest BCUT2D eigenvalue weighted by atomic mass is 9.84. The fraction of sp³-hybridized carbons (Fsp3) is 0.333. The second-order valence-electron chi connectivity index (χ2n) is 5.63. The molecule has 0 N–H and O–H groups in total. The summed E-state index contributed by atoms with van der Waals surface area (Å²) in [4.78, 5) is 0. The van der Waals surface area contributed by atoms with Gasteiger partial charge in [-0.1, -0.05) is 81.2 Å². The highest BCUT2D eigenvalue weighted by Crippen LogP contribution is 2.43. The predicted molar refractivity (Wildman–Crippen MR) is 88.9 cm³/mol. The first kappa shape index (κ1) is 15.4. The number of hydrogen-bond acceptors (Lipinski definition) is 0. The second kappa shape index (κ2) is 6.20. The molecule has 0 aliphatic rings. The van der Waals surface area contributed by atoms with Crippen molar-refractivity contribution >= 4 is 23.2 Å². The minimum atomic E-state index is 0.365. The SMILES string of the molecule is CC(C)c1[c]c(Cl)c(Cl)c(-c2ccccc2)c1C(C)C. The first-order valence-corrected chi connectivity index (χ1v) is 7.68. The largest absolute Gasteiger partial charge is 0.0820 e. The Labute approximate surface area is 131 Å². The third-order valence-corrected chi connectivity index (χ3v) is 4.19. The Bertz CT molecular complexity index is 599. The fourth-order valence-corrected chi connectivity index (χ4v) is 3.00. The van der Waals surface area contributed by atoms with E-state index in [1.54, 1.807) is 0 Å². The lowest BCUT2D eigenvalue weighted by molar-refractivity contribution is 0.791. The van der Waals surface area contributed by atoms with E-state index in [0.717, 1.165) is 16.7 Å². The van der Waals surface area contributed by atoms with Gasteiger partial charge in [0.2, 0.25) is 0 Å². The van der Waals surface area contributed by atoms with Crippen molar-refractivity contribution in [3.05, 3.63) is 57.6 Å². The Morgan fingerprint density at radius 2 is 1.50 bits per heavy atom. The summed E-state index contributed by atoms with van der Waals surface area (Å²) in [6.45, 7) is 8.70. The molecule has 0 heterocycles. The molecule has 2 aromatic rings. The first-order chi connectivity index (χ1) is 9.43. The van der Waals surface area contributed by atoms with Crippen LogP contribution in [0.2, 0.25) is 10.0 Å². The van der Waals surface area contributed by atoms with E-state index in [0.29, 0.717) is 21.9 Å². The third kappa shape index (κ3) is 2.87. The molecule has 105 valence electrons. The van der Waals surface area contributed by atoms with E-state index in [4.69, 9.17) is 23.2 Å². The summed E-state index contributed by atoms with van der Waals surface area (Å²) in [5.74, 6) is 0.734. The van der Waals surface area contributed by atoms with Crippen molar-refractivity contribution in [2.75, 3.05) is 0 Å². The molecule has 0 aliphatic carbocycles. The lowest BCUT2D eigenvalue weighted by Gasteiger charge is -2.22. The molecule has 20 heavy (non-hydrogen) atoms. The normalized spacial score (nSPS) is 11.4. The van der Waals surface area contributed by atoms with Crippen molar-refractivity contribution in [3.63, 3.8) is 0 Å². The molecule has 0 aromatic heterocycles. The average molecular weight is 306 g/mol. The van der Waals surface area contributed by atoms with E-state index in [1.165, 1.54) is 5.56 Å². The maximum Gasteiger partial charge on any atom is 0.0680 e. The summed E-state index contributed by atoms with van der Waals surface area (Å²) < 4.78 is 0. The summed E-state index contributed by atoms with van der Waals surface area (Å²) >= 11 is 12.8. The Hall–Kier alpha value is -0.980. The molecular weight excluding hydrogens is 287 g/mol. The number of rotatable bonds is 3. The van der Waals surface area contributed by atoms with Crippen LogP contribution in [-0.2, 0) is 0 Å². The Balaban J connectivity index is 2.83. The van der Waals surface area contributed by atoms with Gasteiger partial charge in [0.1, 0.15) is 0 Å². The average Bonchev–Trinajstić information content (AvgIpc) is 2.41. The van der Waals surface area contributed by atoms with Gasteiger partial charge in [0.15, 0.2) is 0 Å². The lowest BCUT2D eigenvalue weighted by Crippen LogP contribution is -2.03. The number of benzene rings is 2. The summed E-state index contributed by atoms with van der Waals surface area (Å²) in [7, 11) is 0. The standard InChI is InChI=1S/C18H19Cl2/c1-11(2)14-10-15(19)18(20)17(16(14)12(3)4)13-8-6-5-7-9-13/h5-9,11-12H,1-4H3. The van der Waals surface area contributed by atoms with E-state index >= 15 is 0 Å². The van der Waals surface area contributed by atoms with E-state index < -0.39 is 0 Å². The summed E-state index contributed by atoms with van der Waals surface area (Å²) in [5, 5.41) is 1.12. The van der Waals surface area contributed by atoms with Gasteiger partial charge < -0.3 is 0 Å². The molecule has 1 radical (unpaired) electrons. The van der Waals surface area contributed by atoms with Crippen molar-refractivity contribution in [3.8, 4) is 11.1 Å². The molecule has 0 bridgehead atoms. The van der Waals surface area contributed by atoms with Gasteiger partial charge in [-0.05, 0) is 28.5 Å². The van der Waals surface area contributed by atoms with Crippen LogP contribution in [0.5, 0.6) is 0 Å². The van der Waals surface area contributed by atoms with Crippen molar-refractivity contribution in [1.29, 1.82) is 0 Å². The van der Waals surface area contributed by atoms with E-state index in [9.17, 15) is 0 Å². The molecule has 0 spiro atoms. The zero-order chi connectivity index (χ0) is 14.9. The smallest absolute Gasteiger partial charge is 0.0680 e. The number of hydrogen-bond donors (Lipinski definition) is 0. The van der Waals surface area contributed by atoms with Crippen LogP contribution >= 0.6 is 23.2 Å². The van der Waals surface area contributed by atoms with Crippen molar-refractivity contribution in [2.24, 2.45) is 0 Å². The van der Waals surface area contributed by atoms with E-state index in [-0.39, 0.29) is 0 Å². The van der Waals surface area contributed by atoms with Crippen molar-refractivity contribution < 1.29 is 0 Å². The Morgan fingerprint density at radius 3 is 2.00 bits per heavy atom. The minimum absolute atomic E-state index is 0.365. The van der Waals surface area contributed by atoms with Gasteiger partial charge in [-0.15, -0.1) is 0 Å². The topological polar surface area (TPSA) is 0 Å². The van der Waals surface area contributed by atoms with Gasteiger partial charge in [0.25, 0.3) is 0 Å². The second-order valence-corrected chi connectivity index (χ2v) is 6.39. The van der Waals surface area contributed by atoms with E-state index in [2.05, 4.69) is 45.9 Å². The molecule has 2 rings (SSSR count). The highest BCUT2D eigenvalue weighted by Gasteiger charge is 2.21. The Kier molecular flexibility index (Phi) is 4.78. The van der Waals surface area contributed by atoms with Gasteiger partial charge in [-0.2, -0.15) is 0 Å². The highest BCUT2D eigenvalue weighted by atomic mass is 35.5. The minimum Gasteiger partial charge on any atom is -0.0820 e. The molecular formula is C18H19Cl2. The van der Waals surface area contributed by atoms with Crippen LogP contribution in [-0.4, -0.2) is 0 Å². The zero-order valence-electron chi connectivity index (χ0n) is 12.3. The first-order valence-electron chi connectivity index (χ1n) is 6.93. The molecule has 0 aliphatic heterocycles. The zero-order valence-corrected chi connectivity index (χ0v) is 13.8. The highest BCUT2D eigenvalue weighted by molar-refractivity contribution is 6.43. The molecule has 0 fully saturated rings. The van der Waals surface area contributed by atoms with Crippen LogP contribution < -0.4 is 0 Å². The number of halogens is 2. The molecule has 0 saturated carbocycles. The van der Waals surface area contributed by atoms with Crippen LogP contribution in [0.1, 0.15) is 50.7 Å². The summed E-state index contributed by atoms with van der Waals surface area (Å²) in [5.41, 5.74) is 4.57. The maximum absolute atomic E-state index is 6.49. The van der Waals surface area contributed by atoms with Gasteiger partial charge in [-0.25, -0.2) is 0 Å². The van der Waals surface area contributed by atoms with Crippen LogP contribution in [0.25, 0.3) is 11.1 Å². The fourth-order valence-electron chi connectivity index (χ4n) is 2.55. The maximum atomic E-state index is 6.49. The monoisotopic (exact) mass is 305 g/mol. The van der Waals surface area contributed by atoms with Crippen LogP contribution in [0, 0.1) is 6.07 Å².